The number of carbonyl (C=O) groups is 1. The first-order chi connectivity index (χ1) is 15.4. The molecule has 1 fully saturated rings. The smallest absolute Gasteiger partial charge is 0.230 e. The minimum Gasteiger partial charge on any atom is -0.424 e. The average molecular weight is 451 g/mol. The number of nitrogens with one attached hydrogen (secondary N) is 1. The van der Waals surface area contributed by atoms with Gasteiger partial charge < -0.3 is 9.73 Å². The number of thiazole rings is 1. The summed E-state index contributed by atoms with van der Waals surface area (Å²) >= 11 is 1.29. The summed E-state index contributed by atoms with van der Waals surface area (Å²) in [5, 5.41) is 20.1. The largest absolute Gasteiger partial charge is 0.424 e. The number of nitrogens with zero attached hydrogens (tertiary/aromatic N) is 4. The Balaban J connectivity index is 1.31. The number of nitriles is 1. The Morgan fingerprint density at radius 1 is 1.16 bits per heavy atom. The zero-order valence-corrected chi connectivity index (χ0v) is 17.4. The highest BCUT2D eigenvalue weighted by Gasteiger charge is 2.44. The highest BCUT2D eigenvalue weighted by molar-refractivity contribution is 7.18. The highest BCUT2D eigenvalue weighted by atomic mass is 32.1. The predicted molar refractivity (Wildman–Crippen MR) is 112 cm³/mol. The first-order valence-electron chi connectivity index (χ1n) is 9.81. The van der Waals surface area contributed by atoms with Gasteiger partial charge in [-0.3, -0.25) is 4.79 Å². The van der Waals surface area contributed by atoms with E-state index in [0.717, 1.165) is 0 Å². The number of fused-ring (bicyclic) bond motifs is 1. The van der Waals surface area contributed by atoms with Crippen LogP contribution in [0.2, 0.25) is 0 Å². The molecule has 4 aromatic rings. The van der Waals surface area contributed by atoms with E-state index in [1.165, 1.54) is 29.5 Å². The quantitative estimate of drug-likeness (QED) is 0.476. The lowest BCUT2D eigenvalue weighted by Crippen LogP contribution is -2.36. The summed E-state index contributed by atoms with van der Waals surface area (Å²) in [5.74, 6) is -0.790. The van der Waals surface area contributed by atoms with Crippen molar-refractivity contribution in [2.45, 2.75) is 31.2 Å². The standard InChI is InChI=1S/C22H15F2N5O2S/c23-14-3-1-12(2-4-14)13-7-15(24)21-16(8-13)32-20(26-21)10-19-29-28-18(31-19)9-17(30)27-22(11-25)5-6-22/h1-4,7-8H,5-6,9-10H2,(H,27,30). The number of rotatable bonds is 6. The second-order valence-corrected chi connectivity index (χ2v) is 8.72. The number of aromatic nitrogens is 3. The number of carbonyl (C=O) groups excluding carboxylic acids is 1. The Morgan fingerprint density at radius 3 is 2.62 bits per heavy atom. The average Bonchev–Trinajstić information content (AvgIpc) is 3.19. The molecule has 0 saturated heterocycles. The molecule has 2 aromatic carbocycles. The van der Waals surface area contributed by atoms with E-state index in [1.807, 2.05) is 0 Å². The van der Waals surface area contributed by atoms with Crippen molar-refractivity contribution in [3.05, 3.63) is 64.8 Å². The van der Waals surface area contributed by atoms with Crippen molar-refractivity contribution in [2.75, 3.05) is 0 Å². The van der Waals surface area contributed by atoms with Gasteiger partial charge in [-0.1, -0.05) is 12.1 Å². The first-order valence-corrected chi connectivity index (χ1v) is 10.6. The van der Waals surface area contributed by atoms with Gasteiger partial charge >= 0.3 is 0 Å². The molecular formula is C22H15F2N5O2S. The van der Waals surface area contributed by atoms with Crippen LogP contribution in [0.25, 0.3) is 21.3 Å². The van der Waals surface area contributed by atoms with Crippen molar-refractivity contribution in [1.29, 1.82) is 5.26 Å². The van der Waals surface area contributed by atoms with Gasteiger partial charge in [0.25, 0.3) is 0 Å². The van der Waals surface area contributed by atoms with E-state index in [1.54, 1.807) is 18.2 Å². The maximum absolute atomic E-state index is 14.6. The summed E-state index contributed by atoms with van der Waals surface area (Å²) < 4.78 is 34.0. The monoisotopic (exact) mass is 451 g/mol. The van der Waals surface area contributed by atoms with Crippen LogP contribution in [0.15, 0.2) is 40.8 Å². The molecule has 1 N–H and O–H groups in total. The molecule has 0 radical (unpaired) electrons. The number of halogens is 2. The summed E-state index contributed by atoms with van der Waals surface area (Å²) in [7, 11) is 0. The van der Waals surface area contributed by atoms with E-state index in [0.29, 0.717) is 33.7 Å². The summed E-state index contributed by atoms with van der Waals surface area (Å²) in [4.78, 5) is 16.4. The number of hydrogen-bond acceptors (Lipinski definition) is 7. The molecule has 32 heavy (non-hydrogen) atoms. The molecule has 2 heterocycles. The molecular weight excluding hydrogens is 436 g/mol. The fourth-order valence-corrected chi connectivity index (χ4v) is 4.33. The van der Waals surface area contributed by atoms with Crippen molar-refractivity contribution in [1.82, 2.24) is 20.5 Å². The molecule has 1 saturated carbocycles. The van der Waals surface area contributed by atoms with Crippen LogP contribution in [0.1, 0.15) is 29.6 Å². The lowest BCUT2D eigenvalue weighted by Gasteiger charge is -2.06. The highest BCUT2D eigenvalue weighted by Crippen LogP contribution is 2.34. The SMILES string of the molecule is N#CC1(NC(=O)Cc2nnc(Cc3nc4c(F)cc(-c5ccc(F)cc5)cc4s3)o2)CC1. The molecule has 0 bridgehead atoms. The van der Waals surface area contributed by atoms with E-state index in [-0.39, 0.29) is 41.9 Å². The number of hydrogen-bond donors (Lipinski definition) is 1. The fourth-order valence-electron chi connectivity index (χ4n) is 3.32. The zero-order chi connectivity index (χ0) is 22.3. The van der Waals surface area contributed by atoms with Crippen molar-refractivity contribution in [3.8, 4) is 17.2 Å². The lowest BCUT2D eigenvalue weighted by molar-refractivity contribution is -0.121. The number of benzene rings is 2. The predicted octanol–water partition coefficient (Wildman–Crippen LogP) is 3.93. The van der Waals surface area contributed by atoms with Gasteiger partial charge in [-0.25, -0.2) is 13.8 Å². The molecule has 160 valence electrons. The molecule has 10 heteroatoms. The summed E-state index contributed by atoms with van der Waals surface area (Å²) in [6.07, 6.45) is 1.36. The van der Waals surface area contributed by atoms with Crippen molar-refractivity contribution in [2.24, 2.45) is 0 Å². The van der Waals surface area contributed by atoms with E-state index in [9.17, 15) is 13.6 Å². The van der Waals surface area contributed by atoms with Gasteiger partial charge in [0.1, 0.15) is 28.3 Å². The Hall–Kier alpha value is -3.71. The minimum absolute atomic E-state index is 0.119. The van der Waals surface area contributed by atoms with Crippen LogP contribution in [0.5, 0.6) is 0 Å². The maximum Gasteiger partial charge on any atom is 0.230 e. The number of amides is 1. The molecule has 0 spiro atoms. The van der Waals surface area contributed by atoms with Gasteiger partial charge in [-0.2, -0.15) is 5.26 Å². The van der Waals surface area contributed by atoms with Crippen LogP contribution in [-0.4, -0.2) is 26.6 Å². The summed E-state index contributed by atoms with van der Waals surface area (Å²) in [6.45, 7) is 0. The lowest BCUT2D eigenvalue weighted by atomic mass is 10.1. The zero-order valence-electron chi connectivity index (χ0n) is 16.6. The second kappa shape index (κ2) is 7.76. The van der Waals surface area contributed by atoms with E-state index < -0.39 is 11.4 Å². The van der Waals surface area contributed by atoms with Crippen LogP contribution in [-0.2, 0) is 17.6 Å². The van der Waals surface area contributed by atoms with E-state index in [4.69, 9.17) is 9.68 Å². The molecule has 5 rings (SSSR count). The van der Waals surface area contributed by atoms with Gasteiger partial charge in [0.05, 0.1) is 17.2 Å². The third-order valence-corrected chi connectivity index (χ3v) is 6.14. The van der Waals surface area contributed by atoms with Crippen LogP contribution in [0, 0.1) is 23.0 Å². The Kier molecular flexibility index (Phi) is 4.90. The van der Waals surface area contributed by atoms with Crippen molar-refractivity contribution < 1.29 is 18.0 Å². The normalized spacial score (nSPS) is 14.3. The third kappa shape index (κ3) is 4.07. The van der Waals surface area contributed by atoms with Gasteiger partial charge in [-0.05, 0) is 48.2 Å². The molecule has 2 aromatic heterocycles. The van der Waals surface area contributed by atoms with Crippen molar-refractivity contribution >= 4 is 27.5 Å². The van der Waals surface area contributed by atoms with E-state index >= 15 is 0 Å². The Labute approximate surface area is 184 Å². The molecule has 0 unspecified atom stereocenters. The van der Waals surface area contributed by atoms with Crippen LogP contribution >= 0.6 is 11.3 Å². The van der Waals surface area contributed by atoms with Crippen LogP contribution < -0.4 is 5.32 Å². The second-order valence-electron chi connectivity index (χ2n) is 7.60. The molecule has 7 nitrogen and oxygen atoms in total. The Morgan fingerprint density at radius 2 is 1.91 bits per heavy atom. The summed E-state index contributed by atoms with van der Waals surface area (Å²) in [5.41, 5.74) is 0.812. The van der Waals surface area contributed by atoms with Gasteiger partial charge in [0.15, 0.2) is 5.82 Å². The molecule has 0 atom stereocenters. The Bertz CT molecular complexity index is 1370. The van der Waals surface area contributed by atoms with Crippen LogP contribution in [0.3, 0.4) is 0 Å². The molecule has 1 aliphatic carbocycles. The minimum atomic E-state index is -0.752. The first kappa shape index (κ1) is 20.2. The molecule has 0 aliphatic heterocycles. The fraction of sp³-hybridized carbons (Fsp3) is 0.227. The topological polar surface area (TPSA) is 105 Å². The van der Waals surface area contributed by atoms with E-state index in [2.05, 4.69) is 26.6 Å². The van der Waals surface area contributed by atoms with Gasteiger partial charge in [-0.15, -0.1) is 21.5 Å². The van der Waals surface area contributed by atoms with Gasteiger partial charge in [0.2, 0.25) is 17.7 Å². The molecule has 1 aliphatic rings. The third-order valence-electron chi connectivity index (χ3n) is 5.14. The van der Waals surface area contributed by atoms with Crippen molar-refractivity contribution in [3.63, 3.8) is 0 Å². The van der Waals surface area contributed by atoms with Gasteiger partial charge in [0, 0.05) is 0 Å². The van der Waals surface area contributed by atoms with Crippen LogP contribution in [0.4, 0.5) is 8.78 Å². The maximum atomic E-state index is 14.6. The summed E-state index contributed by atoms with van der Waals surface area (Å²) in [6, 6.07) is 11.1. The molecule has 1 amide bonds.